The summed E-state index contributed by atoms with van der Waals surface area (Å²) in [5, 5.41) is 3.52. The molecule has 1 aromatic rings. The molecule has 1 saturated carbocycles. The second-order valence-corrected chi connectivity index (χ2v) is 6.52. The molecule has 0 saturated heterocycles. The van der Waals surface area contributed by atoms with Crippen molar-refractivity contribution in [2.24, 2.45) is 4.99 Å². The van der Waals surface area contributed by atoms with Crippen LogP contribution < -0.4 is 5.32 Å². The van der Waals surface area contributed by atoms with Crippen molar-refractivity contribution >= 4 is 21.9 Å². The highest BCUT2D eigenvalue weighted by molar-refractivity contribution is 9.10. The Morgan fingerprint density at radius 3 is 2.90 bits per heavy atom. The smallest absolute Gasteiger partial charge is 0.193 e. The maximum absolute atomic E-state index is 13.2. The zero-order valence-electron chi connectivity index (χ0n) is 11.6. The van der Waals surface area contributed by atoms with Gasteiger partial charge in [-0.2, -0.15) is 0 Å². The first kappa shape index (κ1) is 13.9. The Labute approximate surface area is 127 Å². The van der Waals surface area contributed by atoms with Crippen molar-refractivity contribution in [3.63, 3.8) is 0 Å². The van der Waals surface area contributed by atoms with Crippen LogP contribution in [-0.2, 0) is 0 Å². The summed E-state index contributed by atoms with van der Waals surface area (Å²) < 4.78 is 13.8. The van der Waals surface area contributed by atoms with Gasteiger partial charge in [-0.1, -0.05) is 6.07 Å². The highest BCUT2D eigenvalue weighted by Gasteiger charge is 2.32. The molecule has 2 aliphatic rings. The molecule has 1 fully saturated rings. The summed E-state index contributed by atoms with van der Waals surface area (Å²) in [4.78, 5) is 6.72. The largest absolute Gasteiger partial charge is 0.353 e. The van der Waals surface area contributed by atoms with Gasteiger partial charge in [0.2, 0.25) is 0 Å². The molecular weight excluding hydrogens is 321 g/mol. The third-order valence-corrected chi connectivity index (χ3v) is 4.77. The zero-order valence-corrected chi connectivity index (χ0v) is 13.2. The van der Waals surface area contributed by atoms with Gasteiger partial charge in [0.25, 0.3) is 0 Å². The fourth-order valence-electron chi connectivity index (χ4n) is 2.83. The van der Waals surface area contributed by atoms with Gasteiger partial charge in [-0.05, 0) is 58.8 Å². The summed E-state index contributed by atoms with van der Waals surface area (Å²) in [7, 11) is 2.08. The Hall–Kier alpha value is -1.10. The minimum atomic E-state index is -0.194. The number of guanidine groups is 1. The van der Waals surface area contributed by atoms with E-state index in [4.69, 9.17) is 0 Å². The number of benzene rings is 1. The van der Waals surface area contributed by atoms with Crippen molar-refractivity contribution in [2.45, 2.75) is 31.2 Å². The third-order valence-electron chi connectivity index (χ3n) is 4.16. The lowest BCUT2D eigenvalue weighted by Crippen LogP contribution is -2.50. The second kappa shape index (κ2) is 5.72. The van der Waals surface area contributed by atoms with E-state index in [0.717, 1.165) is 38.3 Å². The van der Waals surface area contributed by atoms with E-state index >= 15 is 0 Å². The highest BCUT2D eigenvalue weighted by atomic mass is 79.9. The van der Waals surface area contributed by atoms with Crippen molar-refractivity contribution in [1.82, 2.24) is 10.2 Å². The van der Waals surface area contributed by atoms with Gasteiger partial charge in [0.1, 0.15) is 5.82 Å². The van der Waals surface area contributed by atoms with E-state index < -0.39 is 0 Å². The SMILES string of the molecule is CN1CCCN=C1NC1CC(c2ccc(F)c(Br)c2)C1. The van der Waals surface area contributed by atoms with Gasteiger partial charge in [-0.25, -0.2) is 4.39 Å². The number of nitrogens with zero attached hydrogens (tertiary/aromatic N) is 2. The van der Waals surface area contributed by atoms with Gasteiger partial charge in [-0.15, -0.1) is 0 Å². The minimum absolute atomic E-state index is 0.194. The second-order valence-electron chi connectivity index (χ2n) is 5.66. The Balaban J connectivity index is 1.56. The van der Waals surface area contributed by atoms with Crippen LogP contribution in [0.4, 0.5) is 4.39 Å². The molecule has 3 nitrogen and oxygen atoms in total. The Morgan fingerprint density at radius 1 is 1.40 bits per heavy atom. The van der Waals surface area contributed by atoms with E-state index in [-0.39, 0.29) is 5.82 Å². The van der Waals surface area contributed by atoms with E-state index in [1.807, 2.05) is 12.1 Å². The molecule has 5 heteroatoms. The molecule has 108 valence electrons. The van der Waals surface area contributed by atoms with Crippen LogP contribution in [-0.4, -0.2) is 37.0 Å². The molecule has 1 aliphatic heterocycles. The molecule has 1 heterocycles. The van der Waals surface area contributed by atoms with E-state index in [2.05, 4.69) is 38.2 Å². The van der Waals surface area contributed by atoms with Crippen LogP contribution in [0.5, 0.6) is 0 Å². The molecule has 0 spiro atoms. The van der Waals surface area contributed by atoms with Gasteiger partial charge >= 0.3 is 0 Å². The van der Waals surface area contributed by atoms with Crippen molar-refractivity contribution in [3.8, 4) is 0 Å². The fourth-order valence-corrected chi connectivity index (χ4v) is 3.23. The maximum Gasteiger partial charge on any atom is 0.193 e. The van der Waals surface area contributed by atoms with E-state index in [0.29, 0.717) is 16.4 Å². The molecule has 1 aromatic carbocycles. The molecule has 3 rings (SSSR count). The number of rotatable bonds is 2. The number of hydrogen-bond donors (Lipinski definition) is 1. The molecule has 0 amide bonds. The molecule has 0 radical (unpaired) electrons. The van der Waals surface area contributed by atoms with Crippen LogP contribution in [0, 0.1) is 5.82 Å². The fraction of sp³-hybridized carbons (Fsp3) is 0.533. The normalized spacial score (nSPS) is 25.9. The standard InChI is InChI=1S/C15H19BrFN3/c1-20-6-2-5-18-15(20)19-12-7-11(8-12)10-3-4-14(17)13(16)9-10/h3-4,9,11-12H,2,5-8H2,1H3,(H,18,19). The first-order chi connectivity index (χ1) is 9.63. The van der Waals surface area contributed by atoms with Crippen LogP contribution >= 0.6 is 15.9 Å². The highest BCUT2D eigenvalue weighted by Crippen LogP contribution is 2.38. The van der Waals surface area contributed by atoms with Crippen LogP contribution in [0.2, 0.25) is 0 Å². The molecule has 0 unspecified atom stereocenters. The average Bonchev–Trinajstić information content (AvgIpc) is 2.39. The topological polar surface area (TPSA) is 27.6 Å². The summed E-state index contributed by atoms with van der Waals surface area (Å²) in [6, 6.07) is 5.83. The van der Waals surface area contributed by atoms with Gasteiger partial charge < -0.3 is 10.2 Å². The van der Waals surface area contributed by atoms with E-state index in [1.54, 1.807) is 6.07 Å². The van der Waals surface area contributed by atoms with Crippen LogP contribution in [0.3, 0.4) is 0 Å². The Morgan fingerprint density at radius 2 is 2.20 bits per heavy atom. The molecule has 1 N–H and O–H groups in total. The maximum atomic E-state index is 13.2. The number of hydrogen-bond acceptors (Lipinski definition) is 3. The predicted molar refractivity (Wildman–Crippen MR) is 82.5 cm³/mol. The van der Waals surface area contributed by atoms with Crippen LogP contribution in [0.1, 0.15) is 30.7 Å². The van der Waals surface area contributed by atoms with Gasteiger partial charge in [-0.3, -0.25) is 4.99 Å². The number of aliphatic imine (C=N–C) groups is 1. The first-order valence-corrected chi connectivity index (χ1v) is 7.90. The third kappa shape index (κ3) is 2.82. The summed E-state index contributed by atoms with van der Waals surface area (Å²) in [6.07, 6.45) is 3.31. The quantitative estimate of drug-likeness (QED) is 0.896. The van der Waals surface area contributed by atoms with Crippen molar-refractivity contribution in [3.05, 3.63) is 34.1 Å². The van der Waals surface area contributed by atoms with Crippen molar-refractivity contribution < 1.29 is 4.39 Å². The Kier molecular flexibility index (Phi) is 3.96. The summed E-state index contributed by atoms with van der Waals surface area (Å²) in [5.41, 5.74) is 1.22. The summed E-state index contributed by atoms with van der Waals surface area (Å²) in [5.74, 6) is 1.36. The molecular formula is C15H19BrFN3. The molecule has 0 aromatic heterocycles. The first-order valence-electron chi connectivity index (χ1n) is 7.10. The van der Waals surface area contributed by atoms with Crippen LogP contribution in [0.25, 0.3) is 0 Å². The van der Waals surface area contributed by atoms with Gasteiger partial charge in [0, 0.05) is 26.2 Å². The molecule has 0 atom stereocenters. The van der Waals surface area contributed by atoms with E-state index in [9.17, 15) is 4.39 Å². The summed E-state index contributed by atoms with van der Waals surface area (Å²) >= 11 is 3.25. The molecule has 1 aliphatic carbocycles. The number of nitrogens with one attached hydrogen (secondary N) is 1. The van der Waals surface area contributed by atoms with Crippen molar-refractivity contribution in [1.29, 1.82) is 0 Å². The lowest BCUT2D eigenvalue weighted by Gasteiger charge is -2.39. The van der Waals surface area contributed by atoms with Crippen molar-refractivity contribution in [2.75, 3.05) is 20.1 Å². The average molecular weight is 340 g/mol. The minimum Gasteiger partial charge on any atom is -0.353 e. The van der Waals surface area contributed by atoms with Gasteiger partial charge in [0.05, 0.1) is 4.47 Å². The lowest BCUT2D eigenvalue weighted by atomic mass is 9.76. The summed E-state index contributed by atoms with van der Waals surface area (Å²) in [6.45, 7) is 2.00. The van der Waals surface area contributed by atoms with Gasteiger partial charge in [0.15, 0.2) is 5.96 Å². The lowest BCUT2D eigenvalue weighted by molar-refractivity contribution is 0.308. The monoisotopic (exact) mass is 339 g/mol. The predicted octanol–water partition coefficient (Wildman–Crippen LogP) is 3.12. The molecule has 20 heavy (non-hydrogen) atoms. The van der Waals surface area contributed by atoms with E-state index in [1.165, 1.54) is 5.56 Å². The molecule has 0 bridgehead atoms. The number of halogens is 2. The van der Waals surface area contributed by atoms with Crippen LogP contribution in [0.15, 0.2) is 27.7 Å². The zero-order chi connectivity index (χ0) is 14.1. The Bertz CT molecular complexity index is 526.